The number of carbonyl (C=O) groups is 1. The van der Waals surface area contributed by atoms with Gasteiger partial charge in [0.2, 0.25) is 5.91 Å². The molecule has 0 bridgehead atoms. The zero-order valence-corrected chi connectivity index (χ0v) is 11.3. The van der Waals surface area contributed by atoms with Gasteiger partial charge in [-0.3, -0.25) is 10.1 Å². The van der Waals surface area contributed by atoms with Gasteiger partial charge in [-0.25, -0.2) is 4.39 Å². The maximum absolute atomic E-state index is 13.6. The van der Waals surface area contributed by atoms with E-state index in [1.807, 2.05) is 20.8 Å². The number of nitrogens with one attached hydrogen (secondary N) is 2. The SMILES string of the molecule is CC(C)NC(=O)C(C)N[C@H](C)c1ccccc1F. The Kier molecular flexibility index (Phi) is 5.28. The first-order chi connectivity index (χ1) is 8.41. The van der Waals surface area contributed by atoms with Gasteiger partial charge in [0, 0.05) is 17.6 Å². The largest absolute Gasteiger partial charge is 0.353 e. The fourth-order valence-electron chi connectivity index (χ4n) is 1.78. The molecule has 18 heavy (non-hydrogen) atoms. The summed E-state index contributed by atoms with van der Waals surface area (Å²) in [5.74, 6) is -0.331. The van der Waals surface area contributed by atoms with Gasteiger partial charge in [0.15, 0.2) is 0 Å². The molecule has 0 fully saturated rings. The first-order valence-corrected chi connectivity index (χ1v) is 6.22. The van der Waals surface area contributed by atoms with Crippen molar-refractivity contribution >= 4 is 5.91 Å². The molecule has 1 unspecified atom stereocenters. The van der Waals surface area contributed by atoms with Crippen LogP contribution in [0.15, 0.2) is 24.3 Å². The van der Waals surface area contributed by atoms with E-state index in [1.54, 1.807) is 25.1 Å². The monoisotopic (exact) mass is 252 g/mol. The molecule has 1 amide bonds. The molecule has 0 aliphatic carbocycles. The summed E-state index contributed by atoms with van der Waals surface area (Å²) in [6.45, 7) is 7.43. The number of hydrogen-bond acceptors (Lipinski definition) is 2. The van der Waals surface area contributed by atoms with Crippen LogP contribution in [0.1, 0.15) is 39.3 Å². The van der Waals surface area contributed by atoms with Crippen LogP contribution in [0.3, 0.4) is 0 Å². The molecule has 100 valence electrons. The molecular formula is C14H21FN2O. The Morgan fingerprint density at radius 2 is 1.78 bits per heavy atom. The fourth-order valence-corrected chi connectivity index (χ4v) is 1.78. The number of amides is 1. The lowest BCUT2D eigenvalue weighted by Gasteiger charge is -2.21. The first-order valence-electron chi connectivity index (χ1n) is 6.22. The van der Waals surface area contributed by atoms with Gasteiger partial charge >= 0.3 is 0 Å². The summed E-state index contributed by atoms with van der Waals surface area (Å²) in [4.78, 5) is 11.7. The quantitative estimate of drug-likeness (QED) is 0.845. The van der Waals surface area contributed by atoms with Crippen LogP contribution in [0.25, 0.3) is 0 Å². The third-order valence-corrected chi connectivity index (χ3v) is 2.70. The van der Waals surface area contributed by atoms with Gasteiger partial charge in [-0.05, 0) is 33.8 Å². The minimum absolute atomic E-state index is 0.0758. The molecule has 0 aromatic heterocycles. The van der Waals surface area contributed by atoms with Crippen molar-refractivity contribution in [3.8, 4) is 0 Å². The molecule has 4 heteroatoms. The highest BCUT2D eigenvalue weighted by atomic mass is 19.1. The van der Waals surface area contributed by atoms with Crippen LogP contribution in [0.2, 0.25) is 0 Å². The fraction of sp³-hybridized carbons (Fsp3) is 0.500. The summed E-state index contributed by atoms with van der Waals surface area (Å²) < 4.78 is 13.6. The highest BCUT2D eigenvalue weighted by Crippen LogP contribution is 2.16. The van der Waals surface area contributed by atoms with Crippen molar-refractivity contribution in [1.29, 1.82) is 0 Å². The Balaban J connectivity index is 2.62. The predicted octanol–water partition coefficient (Wildman–Crippen LogP) is 2.39. The number of carbonyl (C=O) groups excluding carboxylic acids is 1. The minimum Gasteiger partial charge on any atom is -0.353 e. The van der Waals surface area contributed by atoms with Gasteiger partial charge in [0.25, 0.3) is 0 Å². The lowest BCUT2D eigenvalue weighted by molar-refractivity contribution is -0.123. The number of benzene rings is 1. The Hall–Kier alpha value is -1.42. The van der Waals surface area contributed by atoms with Gasteiger partial charge in [0.1, 0.15) is 5.82 Å². The third kappa shape index (κ3) is 4.11. The molecule has 0 heterocycles. The maximum Gasteiger partial charge on any atom is 0.237 e. The molecule has 1 aromatic carbocycles. The van der Waals surface area contributed by atoms with Crippen LogP contribution in [-0.2, 0) is 4.79 Å². The Bertz CT molecular complexity index is 407. The average Bonchev–Trinajstić information content (AvgIpc) is 2.28. The van der Waals surface area contributed by atoms with E-state index in [2.05, 4.69) is 10.6 Å². The minimum atomic E-state index is -0.359. The Labute approximate surface area is 108 Å². The van der Waals surface area contributed by atoms with Crippen molar-refractivity contribution in [1.82, 2.24) is 10.6 Å². The van der Waals surface area contributed by atoms with E-state index in [0.717, 1.165) is 0 Å². The molecular weight excluding hydrogens is 231 g/mol. The molecule has 0 saturated carbocycles. The van der Waals surface area contributed by atoms with E-state index in [1.165, 1.54) is 6.07 Å². The summed E-state index contributed by atoms with van der Waals surface area (Å²) >= 11 is 0. The molecule has 1 rings (SSSR count). The third-order valence-electron chi connectivity index (χ3n) is 2.70. The van der Waals surface area contributed by atoms with E-state index in [9.17, 15) is 9.18 Å². The molecule has 3 nitrogen and oxygen atoms in total. The van der Waals surface area contributed by atoms with Crippen LogP contribution in [0, 0.1) is 5.82 Å². The number of rotatable bonds is 5. The van der Waals surface area contributed by atoms with E-state index < -0.39 is 0 Å². The lowest BCUT2D eigenvalue weighted by atomic mass is 10.1. The molecule has 1 aromatic rings. The van der Waals surface area contributed by atoms with Crippen LogP contribution in [0.5, 0.6) is 0 Å². The van der Waals surface area contributed by atoms with E-state index >= 15 is 0 Å². The van der Waals surface area contributed by atoms with Crippen molar-refractivity contribution < 1.29 is 9.18 Å². The summed E-state index contributed by atoms with van der Waals surface area (Å²) in [7, 11) is 0. The van der Waals surface area contributed by atoms with Crippen molar-refractivity contribution in [3.05, 3.63) is 35.6 Å². The van der Waals surface area contributed by atoms with Crippen molar-refractivity contribution in [3.63, 3.8) is 0 Å². The molecule has 0 saturated heterocycles. The highest BCUT2D eigenvalue weighted by Gasteiger charge is 2.18. The second kappa shape index (κ2) is 6.50. The summed E-state index contributed by atoms with van der Waals surface area (Å²) in [6, 6.07) is 6.12. The first kappa shape index (κ1) is 14.6. The van der Waals surface area contributed by atoms with Crippen molar-refractivity contribution in [2.24, 2.45) is 0 Å². The molecule has 2 N–H and O–H groups in total. The molecule has 0 spiro atoms. The lowest BCUT2D eigenvalue weighted by Crippen LogP contribution is -2.45. The molecule has 0 aliphatic rings. The van der Waals surface area contributed by atoms with Gasteiger partial charge < -0.3 is 5.32 Å². The van der Waals surface area contributed by atoms with Crippen LogP contribution < -0.4 is 10.6 Å². The van der Waals surface area contributed by atoms with Crippen molar-refractivity contribution in [2.45, 2.75) is 45.8 Å². The number of halogens is 1. The second-order valence-electron chi connectivity index (χ2n) is 4.79. The molecule has 0 aliphatic heterocycles. The van der Waals surface area contributed by atoms with E-state index in [4.69, 9.17) is 0 Å². The van der Waals surface area contributed by atoms with E-state index in [-0.39, 0.29) is 29.8 Å². The Morgan fingerprint density at radius 3 is 2.33 bits per heavy atom. The van der Waals surface area contributed by atoms with Crippen LogP contribution in [0.4, 0.5) is 4.39 Å². The predicted molar refractivity (Wildman–Crippen MR) is 70.7 cm³/mol. The number of hydrogen-bond donors (Lipinski definition) is 2. The topological polar surface area (TPSA) is 41.1 Å². The zero-order chi connectivity index (χ0) is 13.7. The Morgan fingerprint density at radius 1 is 1.17 bits per heavy atom. The summed E-state index contributed by atoms with van der Waals surface area (Å²) in [5, 5.41) is 5.91. The second-order valence-corrected chi connectivity index (χ2v) is 4.79. The van der Waals surface area contributed by atoms with Crippen LogP contribution >= 0.6 is 0 Å². The standard InChI is InChI=1S/C14H21FN2O/c1-9(2)16-14(18)11(4)17-10(3)12-7-5-6-8-13(12)15/h5-11,17H,1-4H3,(H,16,18)/t10-,11?/m1/s1. The highest BCUT2D eigenvalue weighted by molar-refractivity contribution is 5.81. The summed E-state index contributed by atoms with van der Waals surface area (Å²) in [5.41, 5.74) is 0.571. The normalized spacial score (nSPS) is 14.3. The zero-order valence-electron chi connectivity index (χ0n) is 11.3. The molecule has 2 atom stereocenters. The van der Waals surface area contributed by atoms with Crippen molar-refractivity contribution in [2.75, 3.05) is 0 Å². The average molecular weight is 252 g/mol. The summed E-state index contributed by atoms with van der Waals surface area (Å²) in [6.07, 6.45) is 0. The van der Waals surface area contributed by atoms with Gasteiger partial charge in [-0.1, -0.05) is 18.2 Å². The maximum atomic E-state index is 13.6. The van der Waals surface area contributed by atoms with Gasteiger partial charge in [-0.2, -0.15) is 0 Å². The smallest absolute Gasteiger partial charge is 0.237 e. The van der Waals surface area contributed by atoms with Crippen LogP contribution in [-0.4, -0.2) is 18.0 Å². The van der Waals surface area contributed by atoms with Gasteiger partial charge in [0.05, 0.1) is 6.04 Å². The molecule has 0 radical (unpaired) electrons. The van der Waals surface area contributed by atoms with Gasteiger partial charge in [-0.15, -0.1) is 0 Å². The van der Waals surface area contributed by atoms with E-state index in [0.29, 0.717) is 5.56 Å².